The van der Waals surface area contributed by atoms with Crippen molar-refractivity contribution in [2.75, 3.05) is 13.1 Å². The lowest BCUT2D eigenvalue weighted by Gasteiger charge is -2.25. The molecule has 0 bridgehead atoms. The van der Waals surface area contributed by atoms with E-state index in [2.05, 4.69) is 26.1 Å². The summed E-state index contributed by atoms with van der Waals surface area (Å²) in [5.74, 6) is -0.286. The minimum Gasteiger partial charge on any atom is -0.354 e. The quantitative estimate of drug-likeness (QED) is 0.865. The summed E-state index contributed by atoms with van der Waals surface area (Å²) >= 11 is 12.0. The van der Waals surface area contributed by atoms with E-state index in [1.807, 2.05) is 0 Å². The number of carbonyl (C=O) groups is 2. The van der Waals surface area contributed by atoms with Gasteiger partial charge in [0.15, 0.2) is 0 Å². The van der Waals surface area contributed by atoms with Crippen LogP contribution in [0, 0.1) is 5.41 Å². The molecule has 2 rings (SSSR count). The molecule has 0 spiro atoms. The summed E-state index contributed by atoms with van der Waals surface area (Å²) in [4.78, 5) is 26.8. The van der Waals surface area contributed by atoms with Crippen molar-refractivity contribution in [2.24, 2.45) is 5.41 Å². The molecule has 132 valence electrons. The molecular weight excluding hydrogens is 347 g/mol. The highest BCUT2D eigenvalue weighted by Crippen LogP contribution is 2.24. The van der Waals surface area contributed by atoms with Crippen LogP contribution < -0.4 is 5.32 Å². The fraction of sp³-hybridized carbons (Fsp3) is 0.556. The molecule has 1 aromatic carbocycles. The largest absolute Gasteiger partial charge is 0.354 e. The molecule has 1 heterocycles. The molecule has 1 saturated heterocycles. The first-order valence-electron chi connectivity index (χ1n) is 8.22. The van der Waals surface area contributed by atoms with Crippen LogP contribution in [0.25, 0.3) is 0 Å². The molecule has 24 heavy (non-hydrogen) atoms. The minimum absolute atomic E-state index is 0.0850. The fourth-order valence-corrected chi connectivity index (χ4v) is 3.33. The molecule has 1 unspecified atom stereocenters. The highest BCUT2D eigenvalue weighted by atomic mass is 35.5. The van der Waals surface area contributed by atoms with Crippen molar-refractivity contribution < 1.29 is 9.59 Å². The zero-order valence-corrected chi connectivity index (χ0v) is 15.9. The van der Waals surface area contributed by atoms with Crippen LogP contribution in [0.1, 0.15) is 50.4 Å². The van der Waals surface area contributed by atoms with Gasteiger partial charge in [0.1, 0.15) is 6.04 Å². The second-order valence-electron chi connectivity index (χ2n) is 7.42. The number of nitrogens with zero attached hydrogens (tertiary/aromatic N) is 1. The summed E-state index contributed by atoms with van der Waals surface area (Å²) in [6, 6.07) is 4.33. The van der Waals surface area contributed by atoms with Crippen molar-refractivity contribution in [1.82, 2.24) is 10.2 Å². The molecule has 1 aliphatic rings. The monoisotopic (exact) mass is 370 g/mol. The summed E-state index contributed by atoms with van der Waals surface area (Å²) in [7, 11) is 0. The van der Waals surface area contributed by atoms with Gasteiger partial charge in [-0.3, -0.25) is 9.59 Å². The lowest BCUT2D eigenvalue weighted by Crippen LogP contribution is -2.46. The average Bonchev–Trinajstić information content (AvgIpc) is 2.93. The van der Waals surface area contributed by atoms with Gasteiger partial charge >= 0.3 is 0 Å². The summed E-state index contributed by atoms with van der Waals surface area (Å²) < 4.78 is 0. The van der Waals surface area contributed by atoms with Crippen molar-refractivity contribution in [3.05, 3.63) is 33.8 Å². The molecule has 6 heteroatoms. The maximum absolute atomic E-state index is 12.7. The zero-order valence-electron chi connectivity index (χ0n) is 14.4. The number of halogens is 2. The van der Waals surface area contributed by atoms with Gasteiger partial charge in [-0.1, -0.05) is 44.0 Å². The van der Waals surface area contributed by atoms with Gasteiger partial charge in [-0.2, -0.15) is 0 Å². The van der Waals surface area contributed by atoms with Crippen LogP contribution in [0.15, 0.2) is 18.2 Å². The lowest BCUT2D eigenvalue weighted by molar-refractivity contribution is -0.124. The summed E-state index contributed by atoms with van der Waals surface area (Å²) in [5, 5.41) is 3.78. The molecule has 0 aliphatic carbocycles. The molecule has 2 amide bonds. The van der Waals surface area contributed by atoms with E-state index < -0.39 is 6.04 Å². The first-order valence-corrected chi connectivity index (χ1v) is 8.98. The number of likely N-dealkylation sites (tertiary alicyclic amines) is 1. The van der Waals surface area contributed by atoms with Crippen molar-refractivity contribution in [3.8, 4) is 0 Å². The van der Waals surface area contributed by atoms with Crippen LogP contribution in [0.3, 0.4) is 0 Å². The van der Waals surface area contributed by atoms with Crippen LogP contribution in [-0.4, -0.2) is 35.8 Å². The van der Waals surface area contributed by atoms with E-state index in [1.165, 1.54) is 0 Å². The van der Waals surface area contributed by atoms with Crippen LogP contribution in [-0.2, 0) is 4.79 Å². The Bertz CT molecular complexity index is 606. The van der Waals surface area contributed by atoms with Gasteiger partial charge in [0.25, 0.3) is 5.91 Å². The normalized spacial score (nSPS) is 17.9. The summed E-state index contributed by atoms with van der Waals surface area (Å²) in [5.41, 5.74) is 0.581. The molecule has 0 radical (unpaired) electrons. The Morgan fingerprint density at radius 2 is 1.83 bits per heavy atom. The van der Waals surface area contributed by atoms with E-state index in [4.69, 9.17) is 23.2 Å². The van der Waals surface area contributed by atoms with Crippen LogP contribution in [0.5, 0.6) is 0 Å². The number of rotatable bonds is 4. The van der Waals surface area contributed by atoms with Crippen LogP contribution >= 0.6 is 23.2 Å². The second kappa shape index (κ2) is 7.75. The van der Waals surface area contributed by atoms with Gasteiger partial charge in [0.05, 0.1) is 0 Å². The standard InChI is InChI=1S/C18H24Cl2N2O2/c1-18(2,3)6-7-21-16(23)15-5-4-8-22(15)17(24)12-9-13(19)11-14(20)10-12/h9-11,15H,4-8H2,1-3H3,(H,21,23). The Morgan fingerprint density at radius 1 is 1.21 bits per heavy atom. The van der Waals surface area contributed by atoms with Gasteiger partial charge < -0.3 is 10.2 Å². The van der Waals surface area contributed by atoms with Crippen molar-refractivity contribution in [1.29, 1.82) is 0 Å². The zero-order chi connectivity index (χ0) is 17.9. The number of hydrogen-bond donors (Lipinski definition) is 1. The number of amides is 2. The Balaban J connectivity index is 2.04. The van der Waals surface area contributed by atoms with Crippen molar-refractivity contribution in [3.63, 3.8) is 0 Å². The predicted octanol–water partition coefficient (Wildman–Crippen LogP) is 4.15. The van der Waals surface area contributed by atoms with Gasteiger partial charge in [-0.25, -0.2) is 0 Å². The molecule has 0 aromatic heterocycles. The third-order valence-corrected chi connectivity index (χ3v) is 4.54. The van der Waals surface area contributed by atoms with E-state index >= 15 is 0 Å². The molecule has 1 aromatic rings. The number of carbonyl (C=O) groups excluding carboxylic acids is 2. The number of benzene rings is 1. The fourth-order valence-electron chi connectivity index (χ4n) is 2.80. The molecular formula is C18H24Cl2N2O2. The SMILES string of the molecule is CC(C)(C)CCNC(=O)C1CCCN1C(=O)c1cc(Cl)cc(Cl)c1. The second-order valence-corrected chi connectivity index (χ2v) is 8.29. The molecule has 1 fully saturated rings. The smallest absolute Gasteiger partial charge is 0.254 e. The highest BCUT2D eigenvalue weighted by Gasteiger charge is 2.34. The topological polar surface area (TPSA) is 49.4 Å². The average molecular weight is 371 g/mol. The van der Waals surface area contributed by atoms with Crippen LogP contribution in [0.4, 0.5) is 0 Å². The number of nitrogens with one attached hydrogen (secondary N) is 1. The molecule has 1 aliphatic heterocycles. The highest BCUT2D eigenvalue weighted by molar-refractivity contribution is 6.35. The Morgan fingerprint density at radius 3 is 2.42 bits per heavy atom. The van der Waals surface area contributed by atoms with E-state index in [9.17, 15) is 9.59 Å². The maximum atomic E-state index is 12.7. The molecule has 1 N–H and O–H groups in total. The molecule has 4 nitrogen and oxygen atoms in total. The van der Waals surface area contributed by atoms with Gasteiger partial charge in [0, 0.05) is 28.7 Å². The van der Waals surface area contributed by atoms with Gasteiger partial charge in [-0.15, -0.1) is 0 Å². The predicted molar refractivity (Wildman–Crippen MR) is 97.6 cm³/mol. The Labute approximate surface area is 153 Å². The van der Waals surface area contributed by atoms with Gasteiger partial charge in [-0.05, 0) is 42.9 Å². The van der Waals surface area contributed by atoms with Gasteiger partial charge in [0.2, 0.25) is 5.91 Å². The summed E-state index contributed by atoms with van der Waals surface area (Å²) in [6.07, 6.45) is 2.39. The lowest BCUT2D eigenvalue weighted by atomic mass is 9.92. The molecule has 0 saturated carbocycles. The maximum Gasteiger partial charge on any atom is 0.254 e. The van der Waals surface area contributed by atoms with E-state index in [-0.39, 0.29) is 17.2 Å². The Kier molecular flexibility index (Phi) is 6.16. The first kappa shape index (κ1) is 19.1. The third kappa shape index (κ3) is 5.12. The number of hydrogen-bond acceptors (Lipinski definition) is 2. The minimum atomic E-state index is -0.421. The van der Waals surface area contributed by atoms with Crippen molar-refractivity contribution in [2.45, 2.75) is 46.1 Å². The van der Waals surface area contributed by atoms with Crippen molar-refractivity contribution >= 4 is 35.0 Å². The van der Waals surface area contributed by atoms with E-state index in [1.54, 1.807) is 23.1 Å². The van der Waals surface area contributed by atoms with E-state index in [0.717, 1.165) is 12.8 Å². The molecule has 1 atom stereocenters. The third-order valence-electron chi connectivity index (χ3n) is 4.10. The van der Waals surface area contributed by atoms with E-state index in [0.29, 0.717) is 35.1 Å². The Hall–Kier alpha value is -1.26. The first-order chi connectivity index (χ1) is 11.2. The van der Waals surface area contributed by atoms with Crippen LogP contribution in [0.2, 0.25) is 10.0 Å². The summed E-state index contributed by atoms with van der Waals surface area (Å²) in [6.45, 7) is 7.58.